The maximum atomic E-state index is 4.79. The standard InChI is InChI=1S/C19H26N6/c1-12-8-7-9-20-15(12)10-13(2)22-16-14-11-21-25(6)17(14)24-18(23-16)19(3,4)5/h7-9,11,13H,10H2,1-6H3,(H,22,23,24)/t13-/m1/s1. The zero-order valence-electron chi connectivity index (χ0n) is 15.8. The van der Waals surface area contributed by atoms with Crippen LogP contribution in [0.3, 0.4) is 0 Å². The minimum atomic E-state index is -0.129. The molecule has 3 heterocycles. The highest BCUT2D eigenvalue weighted by Gasteiger charge is 2.22. The van der Waals surface area contributed by atoms with Crippen LogP contribution in [0.4, 0.5) is 5.82 Å². The van der Waals surface area contributed by atoms with E-state index in [1.54, 1.807) is 4.68 Å². The molecule has 0 aliphatic heterocycles. The van der Waals surface area contributed by atoms with E-state index in [1.165, 1.54) is 5.56 Å². The zero-order chi connectivity index (χ0) is 18.2. The summed E-state index contributed by atoms with van der Waals surface area (Å²) in [5, 5.41) is 8.83. The van der Waals surface area contributed by atoms with E-state index in [4.69, 9.17) is 9.97 Å². The number of nitrogens with zero attached hydrogens (tertiary/aromatic N) is 5. The second-order valence-electron chi connectivity index (χ2n) is 7.67. The lowest BCUT2D eigenvalue weighted by Crippen LogP contribution is -2.23. The van der Waals surface area contributed by atoms with Gasteiger partial charge in [-0.25, -0.2) is 9.97 Å². The van der Waals surface area contributed by atoms with Gasteiger partial charge < -0.3 is 5.32 Å². The fraction of sp³-hybridized carbons (Fsp3) is 0.474. The number of rotatable bonds is 4. The van der Waals surface area contributed by atoms with E-state index >= 15 is 0 Å². The smallest absolute Gasteiger partial charge is 0.163 e. The number of anilines is 1. The van der Waals surface area contributed by atoms with Gasteiger partial charge in [0.1, 0.15) is 11.6 Å². The van der Waals surface area contributed by atoms with Crippen LogP contribution in [0.5, 0.6) is 0 Å². The molecule has 132 valence electrons. The van der Waals surface area contributed by atoms with Crippen molar-refractivity contribution >= 4 is 16.9 Å². The van der Waals surface area contributed by atoms with Gasteiger partial charge in [-0.2, -0.15) is 5.10 Å². The van der Waals surface area contributed by atoms with Crippen molar-refractivity contribution in [2.45, 2.75) is 52.5 Å². The molecule has 3 aromatic heterocycles. The van der Waals surface area contributed by atoms with Crippen LogP contribution in [-0.2, 0) is 18.9 Å². The van der Waals surface area contributed by atoms with Crippen LogP contribution in [0.25, 0.3) is 11.0 Å². The maximum Gasteiger partial charge on any atom is 0.163 e. The Morgan fingerprint density at radius 1 is 1.24 bits per heavy atom. The molecule has 6 heteroatoms. The first-order chi connectivity index (χ1) is 11.8. The molecule has 6 nitrogen and oxygen atoms in total. The average Bonchev–Trinajstić information content (AvgIpc) is 2.90. The Morgan fingerprint density at radius 3 is 2.68 bits per heavy atom. The van der Waals surface area contributed by atoms with Crippen LogP contribution < -0.4 is 5.32 Å². The number of aromatic nitrogens is 5. The highest BCUT2D eigenvalue weighted by atomic mass is 15.3. The van der Waals surface area contributed by atoms with Crippen molar-refractivity contribution in [3.63, 3.8) is 0 Å². The Morgan fingerprint density at radius 2 is 2.00 bits per heavy atom. The molecule has 0 spiro atoms. The van der Waals surface area contributed by atoms with Gasteiger partial charge in [0.05, 0.1) is 11.6 Å². The summed E-state index contributed by atoms with van der Waals surface area (Å²) in [7, 11) is 1.91. The third-order valence-electron chi connectivity index (χ3n) is 4.26. The molecule has 0 aliphatic rings. The monoisotopic (exact) mass is 338 g/mol. The summed E-state index contributed by atoms with van der Waals surface area (Å²) < 4.78 is 1.80. The van der Waals surface area contributed by atoms with Crippen LogP contribution >= 0.6 is 0 Å². The van der Waals surface area contributed by atoms with Crippen LogP contribution in [0, 0.1) is 6.92 Å². The van der Waals surface area contributed by atoms with Gasteiger partial charge >= 0.3 is 0 Å². The first kappa shape index (κ1) is 17.3. The van der Waals surface area contributed by atoms with Crippen molar-refractivity contribution in [2.24, 2.45) is 7.05 Å². The van der Waals surface area contributed by atoms with E-state index in [9.17, 15) is 0 Å². The molecule has 0 aromatic carbocycles. The quantitative estimate of drug-likeness (QED) is 0.789. The molecular formula is C19H26N6. The zero-order valence-corrected chi connectivity index (χ0v) is 15.8. The van der Waals surface area contributed by atoms with Crippen molar-refractivity contribution in [3.8, 4) is 0 Å². The fourth-order valence-electron chi connectivity index (χ4n) is 2.77. The summed E-state index contributed by atoms with van der Waals surface area (Å²) in [4.78, 5) is 14.0. The fourth-order valence-corrected chi connectivity index (χ4v) is 2.77. The lowest BCUT2D eigenvalue weighted by molar-refractivity contribution is 0.546. The minimum absolute atomic E-state index is 0.129. The molecule has 0 radical (unpaired) electrons. The van der Waals surface area contributed by atoms with Gasteiger partial charge in [-0.05, 0) is 25.5 Å². The van der Waals surface area contributed by atoms with Crippen molar-refractivity contribution in [2.75, 3.05) is 5.32 Å². The predicted molar refractivity (Wildman–Crippen MR) is 101 cm³/mol. The molecule has 0 amide bonds. The van der Waals surface area contributed by atoms with Crippen molar-refractivity contribution < 1.29 is 0 Å². The number of hydrogen-bond donors (Lipinski definition) is 1. The summed E-state index contributed by atoms with van der Waals surface area (Å²) in [6.07, 6.45) is 4.50. The van der Waals surface area contributed by atoms with E-state index in [2.05, 4.69) is 56.1 Å². The average molecular weight is 338 g/mol. The molecule has 0 bridgehead atoms. The van der Waals surface area contributed by atoms with Gasteiger partial charge in [-0.1, -0.05) is 26.8 Å². The first-order valence-corrected chi connectivity index (χ1v) is 8.63. The van der Waals surface area contributed by atoms with Gasteiger partial charge in [-0.3, -0.25) is 9.67 Å². The number of aryl methyl sites for hydroxylation is 2. The summed E-state index contributed by atoms with van der Waals surface area (Å²) >= 11 is 0. The van der Waals surface area contributed by atoms with E-state index in [1.807, 2.05) is 25.5 Å². The van der Waals surface area contributed by atoms with E-state index in [0.717, 1.165) is 34.8 Å². The predicted octanol–water partition coefficient (Wildman–Crippen LogP) is 3.41. The summed E-state index contributed by atoms with van der Waals surface area (Å²) in [6, 6.07) is 4.26. The lowest BCUT2D eigenvalue weighted by Gasteiger charge is -2.20. The molecule has 0 unspecified atom stereocenters. The molecule has 0 aliphatic carbocycles. The van der Waals surface area contributed by atoms with Gasteiger partial charge in [-0.15, -0.1) is 0 Å². The van der Waals surface area contributed by atoms with Gasteiger partial charge in [0.25, 0.3) is 0 Å². The largest absolute Gasteiger partial charge is 0.367 e. The highest BCUT2D eigenvalue weighted by Crippen LogP contribution is 2.26. The third kappa shape index (κ3) is 3.62. The summed E-state index contributed by atoms with van der Waals surface area (Å²) in [5.74, 6) is 1.65. The molecule has 3 rings (SSSR count). The second-order valence-corrected chi connectivity index (χ2v) is 7.67. The van der Waals surface area contributed by atoms with Crippen molar-refractivity contribution in [3.05, 3.63) is 41.6 Å². The molecular weight excluding hydrogens is 312 g/mol. The normalized spacial score (nSPS) is 13.2. The molecule has 0 saturated carbocycles. The second kappa shape index (κ2) is 6.43. The minimum Gasteiger partial charge on any atom is -0.367 e. The Kier molecular flexibility index (Phi) is 4.45. The first-order valence-electron chi connectivity index (χ1n) is 8.63. The number of pyridine rings is 1. The van der Waals surface area contributed by atoms with Crippen molar-refractivity contribution in [1.29, 1.82) is 0 Å². The Hall–Kier alpha value is -2.50. The molecule has 25 heavy (non-hydrogen) atoms. The number of fused-ring (bicyclic) bond motifs is 1. The van der Waals surface area contributed by atoms with Crippen LogP contribution in [0.2, 0.25) is 0 Å². The van der Waals surface area contributed by atoms with Gasteiger partial charge in [0, 0.05) is 36.8 Å². The molecule has 0 saturated heterocycles. The van der Waals surface area contributed by atoms with E-state index < -0.39 is 0 Å². The summed E-state index contributed by atoms with van der Waals surface area (Å²) in [5.41, 5.74) is 3.04. The van der Waals surface area contributed by atoms with E-state index in [-0.39, 0.29) is 11.5 Å². The Labute approximate surface area is 148 Å². The summed E-state index contributed by atoms with van der Waals surface area (Å²) in [6.45, 7) is 10.6. The Bertz CT molecular complexity index is 891. The molecule has 0 fully saturated rings. The van der Waals surface area contributed by atoms with Crippen LogP contribution in [0.15, 0.2) is 24.5 Å². The molecule has 3 aromatic rings. The van der Waals surface area contributed by atoms with E-state index in [0.29, 0.717) is 0 Å². The van der Waals surface area contributed by atoms with Crippen LogP contribution in [0.1, 0.15) is 44.8 Å². The SMILES string of the molecule is Cc1cccnc1C[C@@H](C)Nc1nc(C(C)(C)C)nc2c1cnn2C. The maximum absolute atomic E-state index is 4.79. The highest BCUT2D eigenvalue weighted by molar-refractivity contribution is 5.86. The number of hydrogen-bond acceptors (Lipinski definition) is 5. The molecule has 1 atom stereocenters. The topological polar surface area (TPSA) is 68.5 Å². The number of nitrogens with one attached hydrogen (secondary N) is 1. The Balaban J connectivity index is 1.93. The lowest BCUT2D eigenvalue weighted by atomic mass is 9.95. The van der Waals surface area contributed by atoms with Gasteiger partial charge in [0.15, 0.2) is 5.65 Å². The van der Waals surface area contributed by atoms with Crippen LogP contribution in [-0.4, -0.2) is 30.8 Å². The van der Waals surface area contributed by atoms with Crippen molar-refractivity contribution in [1.82, 2.24) is 24.7 Å². The third-order valence-corrected chi connectivity index (χ3v) is 4.26. The molecule has 1 N–H and O–H groups in total. The van der Waals surface area contributed by atoms with Gasteiger partial charge in [0.2, 0.25) is 0 Å².